The number of amides is 1. The monoisotopic (exact) mass is 283 g/mol. The van der Waals surface area contributed by atoms with Crippen LogP contribution in [0.25, 0.3) is 0 Å². The van der Waals surface area contributed by atoms with Gasteiger partial charge in [-0.3, -0.25) is 4.79 Å². The van der Waals surface area contributed by atoms with Crippen molar-refractivity contribution in [1.29, 1.82) is 0 Å². The molecule has 1 unspecified atom stereocenters. The third-order valence-electron chi connectivity index (χ3n) is 1.76. The van der Waals surface area contributed by atoms with Gasteiger partial charge < -0.3 is 4.90 Å². The Labute approximate surface area is 83.6 Å². The summed E-state index contributed by atoms with van der Waals surface area (Å²) < 4.78 is 0. The lowest BCUT2D eigenvalue weighted by atomic mass is 10.4. The van der Waals surface area contributed by atoms with Gasteiger partial charge in [-0.25, -0.2) is 0 Å². The zero-order chi connectivity index (χ0) is 8.27. The molecule has 4 heteroatoms. The molecule has 1 saturated heterocycles. The number of carbonyl (C=O) groups excluding carboxylic acids is 1. The zero-order valence-corrected chi connectivity index (χ0v) is 9.40. The van der Waals surface area contributed by atoms with E-state index in [0.29, 0.717) is 10.7 Å². The van der Waals surface area contributed by atoms with Gasteiger partial charge in [-0.2, -0.15) is 0 Å². The second kappa shape index (κ2) is 4.45. The molecule has 1 atom stereocenters. The molecule has 0 aliphatic carbocycles. The van der Waals surface area contributed by atoms with Crippen molar-refractivity contribution in [2.45, 2.75) is 17.7 Å². The molecule has 1 heterocycles. The first-order chi connectivity index (χ1) is 5.24. The summed E-state index contributed by atoms with van der Waals surface area (Å²) in [5, 5.41) is 0.900. The molecule has 0 aromatic heterocycles. The van der Waals surface area contributed by atoms with Crippen molar-refractivity contribution >= 4 is 37.8 Å². The average molecular weight is 285 g/mol. The number of rotatable bonds is 3. The van der Waals surface area contributed by atoms with Gasteiger partial charge >= 0.3 is 0 Å². The number of likely N-dealkylation sites (tertiary alicyclic amines) is 1. The molecular formula is C7H11Br2NO. The number of hydrogen-bond donors (Lipinski definition) is 0. The summed E-state index contributed by atoms with van der Waals surface area (Å²) in [5.74, 6) is 0.301. The van der Waals surface area contributed by atoms with Crippen LogP contribution in [0.5, 0.6) is 0 Å². The molecule has 2 nitrogen and oxygen atoms in total. The van der Waals surface area contributed by atoms with E-state index in [-0.39, 0.29) is 0 Å². The van der Waals surface area contributed by atoms with Gasteiger partial charge in [0.1, 0.15) is 0 Å². The molecule has 0 aromatic rings. The molecule has 1 rings (SSSR count). The minimum Gasteiger partial charge on any atom is -0.342 e. The minimum absolute atomic E-state index is 0.301. The highest BCUT2D eigenvalue weighted by Crippen LogP contribution is 2.13. The normalized spacial score (nSPS) is 20.9. The summed E-state index contributed by atoms with van der Waals surface area (Å²) in [6.07, 6.45) is 1.77. The molecule has 0 N–H and O–H groups in total. The van der Waals surface area contributed by atoms with Crippen LogP contribution in [0, 0.1) is 0 Å². The Hall–Kier alpha value is 0.430. The molecular weight excluding hydrogens is 274 g/mol. The summed E-state index contributed by atoms with van der Waals surface area (Å²) in [6.45, 7) is 1.78. The second-order valence-electron chi connectivity index (χ2n) is 2.69. The average Bonchev–Trinajstić information content (AvgIpc) is 2.37. The quantitative estimate of drug-likeness (QED) is 0.724. The second-order valence-corrected chi connectivity index (χ2v) is 4.64. The molecule has 1 amide bonds. The van der Waals surface area contributed by atoms with E-state index in [9.17, 15) is 4.79 Å². The lowest BCUT2D eigenvalue weighted by Gasteiger charge is -2.17. The summed E-state index contributed by atoms with van der Waals surface area (Å²) >= 11 is 6.83. The molecule has 0 saturated carbocycles. The van der Waals surface area contributed by atoms with E-state index < -0.39 is 0 Å². The minimum atomic E-state index is 0.301. The van der Waals surface area contributed by atoms with Crippen LogP contribution >= 0.6 is 31.9 Å². The number of nitrogens with zero attached hydrogens (tertiary/aromatic N) is 1. The molecule has 1 aliphatic heterocycles. The summed E-state index contributed by atoms with van der Waals surface area (Å²) in [5.41, 5.74) is 0. The van der Waals surface area contributed by atoms with E-state index in [1.165, 1.54) is 0 Å². The van der Waals surface area contributed by atoms with Crippen LogP contribution in [0.15, 0.2) is 0 Å². The van der Waals surface area contributed by atoms with Gasteiger partial charge in [0.15, 0.2) is 0 Å². The van der Waals surface area contributed by atoms with Crippen LogP contribution in [0.3, 0.4) is 0 Å². The van der Waals surface area contributed by atoms with Gasteiger partial charge in [0.05, 0.1) is 0 Å². The van der Waals surface area contributed by atoms with Gasteiger partial charge in [0, 0.05) is 29.7 Å². The SMILES string of the molecule is O=C1CCCN1CC(Br)CBr. The van der Waals surface area contributed by atoms with Gasteiger partial charge in [0.2, 0.25) is 5.91 Å². The third kappa shape index (κ3) is 2.75. The fraction of sp³-hybridized carbons (Fsp3) is 0.857. The maximum atomic E-state index is 11.1. The van der Waals surface area contributed by atoms with E-state index in [1.54, 1.807) is 0 Å². The van der Waals surface area contributed by atoms with Gasteiger partial charge in [0.25, 0.3) is 0 Å². The summed E-state index contributed by atoms with van der Waals surface area (Å²) in [7, 11) is 0. The first-order valence-electron chi connectivity index (χ1n) is 3.72. The highest BCUT2D eigenvalue weighted by atomic mass is 79.9. The standard InChI is InChI=1S/C7H11Br2NO/c8-4-6(9)5-10-3-1-2-7(10)11/h6H,1-5H2. The number of hydrogen-bond acceptors (Lipinski definition) is 1. The highest BCUT2D eigenvalue weighted by molar-refractivity contribution is 9.12. The predicted molar refractivity (Wildman–Crippen MR) is 52.3 cm³/mol. The van der Waals surface area contributed by atoms with Crippen LogP contribution in [0.4, 0.5) is 0 Å². The maximum absolute atomic E-state index is 11.1. The maximum Gasteiger partial charge on any atom is 0.222 e. The highest BCUT2D eigenvalue weighted by Gasteiger charge is 2.21. The largest absolute Gasteiger partial charge is 0.342 e. The van der Waals surface area contributed by atoms with Crippen LogP contribution in [0.2, 0.25) is 0 Å². The van der Waals surface area contributed by atoms with Crippen molar-refractivity contribution in [2.24, 2.45) is 0 Å². The van der Waals surface area contributed by atoms with Crippen molar-refractivity contribution in [1.82, 2.24) is 4.90 Å². The Bertz CT molecular complexity index is 151. The first kappa shape index (κ1) is 9.52. The zero-order valence-electron chi connectivity index (χ0n) is 6.22. The van der Waals surface area contributed by atoms with Crippen molar-refractivity contribution in [2.75, 3.05) is 18.4 Å². The topological polar surface area (TPSA) is 20.3 Å². The van der Waals surface area contributed by atoms with E-state index in [0.717, 1.165) is 31.3 Å². The van der Waals surface area contributed by atoms with E-state index >= 15 is 0 Å². The Morgan fingerprint density at radius 1 is 1.64 bits per heavy atom. The number of carbonyl (C=O) groups is 1. The molecule has 1 fully saturated rings. The lowest BCUT2D eigenvalue weighted by molar-refractivity contribution is -0.127. The molecule has 0 spiro atoms. The van der Waals surface area contributed by atoms with E-state index in [4.69, 9.17) is 0 Å². The van der Waals surface area contributed by atoms with Crippen LogP contribution < -0.4 is 0 Å². The predicted octanol–water partition coefficient (Wildman–Crippen LogP) is 1.77. The van der Waals surface area contributed by atoms with Crippen LogP contribution in [-0.2, 0) is 4.79 Å². The Balaban J connectivity index is 2.30. The molecule has 64 valence electrons. The molecule has 1 aliphatic rings. The molecule has 11 heavy (non-hydrogen) atoms. The molecule has 0 bridgehead atoms. The van der Waals surface area contributed by atoms with Crippen molar-refractivity contribution in [3.8, 4) is 0 Å². The third-order valence-corrected chi connectivity index (χ3v) is 4.02. The summed E-state index contributed by atoms with van der Waals surface area (Å²) in [6, 6.07) is 0. The van der Waals surface area contributed by atoms with Gasteiger partial charge in [-0.05, 0) is 6.42 Å². The van der Waals surface area contributed by atoms with Crippen molar-refractivity contribution < 1.29 is 4.79 Å². The lowest BCUT2D eigenvalue weighted by Crippen LogP contribution is -2.31. The fourth-order valence-electron chi connectivity index (χ4n) is 1.18. The Morgan fingerprint density at radius 3 is 2.82 bits per heavy atom. The Morgan fingerprint density at radius 2 is 2.36 bits per heavy atom. The van der Waals surface area contributed by atoms with E-state index in [2.05, 4.69) is 31.9 Å². The van der Waals surface area contributed by atoms with Crippen LogP contribution in [-0.4, -0.2) is 34.1 Å². The van der Waals surface area contributed by atoms with E-state index in [1.807, 2.05) is 4.90 Å². The fourth-order valence-corrected chi connectivity index (χ4v) is 1.74. The first-order valence-corrected chi connectivity index (χ1v) is 5.75. The van der Waals surface area contributed by atoms with Crippen molar-refractivity contribution in [3.05, 3.63) is 0 Å². The molecule has 0 aromatic carbocycles. The summed E-state index contributed by atoms with van der Waals surface area (Å²) in [4.78, 5) is 13.4. The molecule has 0 radical (unpaired) electrons. The number of halogens is 2. The van der Waals surface area contributed by atoms with Gasteiger partial charge in [-0.1, -0.05) is 31.9 Å². The number of alkyl halides is 2. The van der Waals surface area contributed by atoms with Crippen LogP contribution in [0.1, 0.15) is 12.8 Å². The Kier molecular flexibility index (Phi) is 3.85. The van der Waals surface area contributed by atoms with Crippen molar-refractivity contribution in [3.63, 3.8) is 0 Å². The smallest absolute Gasteiger partial charge is 0.222 e. The van der Waals surface area contributed by atoms with Gasteiger partial charge in [-0.15, -0.1) is 0 Å².